The molecule has 2 aromatic rings. The number of aromatic nitrogens is 2. The van der Waals surface area contributed by atoms with Crippen molar-refractivity contribution in [3.63, 3.8) is 0 Å². The quantitative estimate of drug-likeness (QED) is 0.200. The zero-order valence-electron chi connectivity index (χ0n) is 23.3. The van der Waals surface area contributed by atoms with Crippen molar-refractivity contribution >= 4 is 34.7 Å². The molecule has 4 aliphatic carbocycles. The summed E-state index contributed by atoms with van der Waals surface area (Å²) in [6.45, 7) is 9.26. The molecule has 39 heavy (non-hydrogen) atoms. The van der Waals surface area contributed by atoms with E-state index in [1.54, 1.807) is 22.9 Å². The summed E-state index contributed by atoms with van der Waals surface area (Å²) in [4.78, 5) is 24.4. The first-order chi connectivity index (χ1) is 18.5. The lowest BCUT2D eigenvalue weighted by atomic mass is 9.40. The van der Waals surface area contributed by atoms with Crippen LogP contribution in [-0.4, -0.2) is 32.4 Å². The van der Waals surface area contributed by atoms with Gasteiger partial charge in [-0.2, -0.15) is 5.10 Å². The molecule has 0 saturated heterocycles. The standard InChI is InChI=1S/C30H38N4O4S/c1-5-38-25(35)29(4)14-8-13-28(3)22(29)12-16-30-18-27(2,15-11-23(28)30)24-19(30)17-33(32-24)26(39)31-20-9-6-7-10-21(20)34(36)37/h6-7,9-10,17,22-23H,5,8,11-16,18H2,1-4H3,(H,31,39)/t22-,23-,27-,28+,29+,30+/m0/s1. The Kier molecular flexibility index (Phi) is 5.99. The summed E-state index contributed by atoms with van der Waals surface area (Å²) in [6.07, 6.45) is 10.5. The van der Waals surface area contributed by atoms with Gasteiger partial charge in [0.25, 0.3) is 5.69 Å². The molecule has 6 rings (SSSR count). The van der Waals surface area contributed by atoms with Gasteiger partial charge in [-0.3, -0.25) is 14.9 Å². The average molecular weight is 551 g/mol. The van der Waals surface area contributed by atoms with E-state index in [1.807, 2.05) is 6.92 Å². The summed E-state index contributed by atoms with van der Waals surface area (Å²) in [5, 5.41) is 20.0. The number of anilines is 1. The minimum atomic E-state index is -0.438. The smallest absolute Gasteiger partial charge is 0.312 e. The van der Waals surface area contributed by atoms with E-state index < -0.39 is 10.3 Å². The summed E-state index contributed by atoms with van der Waals surface area (Å²) >= 11 is 5.72. The number of carbonyl (C=O) groups is 1. The number of nitro benzene ring substituents is 1. The fourth-order valence-electron chi connectivity index (χ4n) is 9.61. The van der Waals surface area contributed by atoms with E-state index in [-0.39, 0.29) is 27.9 Å². The molecule has 1 heterocycles. The zero-order valence-corrected chi connectivity index (χ0v) is 24.1. The number of nitrogens with one attached hydrogen (secondary N) is 1. The van der Waals surface area contributed by atoms with Crippen molar-refractivity contribution in [2.24, 2.45) is 22.7 Å². The number of ether oxygens (including phenoxy) is 1. The molecule has 0 aliphatic heterocycles. The third kappa shape index (κ3) is 3.64. The van der Waals surface area contributed by atoms with E-state index in [1.165, 1.54) is 11.6 Å². The number of hydrogen-bond donors (Lipinski definition) is 1. The second-order valence-electron chi connectivity index (χ2n) is 13.1. The van der Waals surface area contributed by atoms with Crippen LogP contribution in [0.4, 0.5) is 11.4 Å². The van der Waals surface area contributed by atoms with Crippen molar-refractivity contribution in [2.45, 2.75) is 89.9 Å². The number of fused-ring (bicyclic) bond motifs is 5. The van der Waals surface area contributed by atoms with Gasteiger partial charge in [-0.15, -0.1) is 0 Å². The van der Waals surface area contributed by atoms with Gasteiger partial charge < -0.3 is 10.1 Å². The maximum atomic E-state index is 13.3. The van der Waals surface area contributed by atoms with Gasteiger partial charge in [0.15, 0.2) is 5.11 Å². The predicted molar refractivity (Wildman–Crippen MR) is 153 cm³/mol. The number of thiocarbonyl (C=S) groups is 1. The highest BCUT2D eigenvalue weighted by Gasteiger charge is 2.68. The lowest BCUT2D eigenvalue weighted by Crippen LogP contribution is -2.60. The number of carbonyl (C=O) groups excluding carboxylic acids is 1. The van der Waals surface area contributed by atoms with Crippen LogP contribution in [0.15, 0.2) is 30.5 Å². The summed E-state index contributed by atoms with van der Waals surface area (Å²) in [5.74, 6) is 0.739. The van der Waals surface area contributed by atoms with Gasteiger partial charge >= 0.3 is 5.97 Å². The number of para-hydroxylation sites is 2. The van der Waals surface area contributed by atoms with Gasteiger partial charge in [0.2, 0.25) is 0 Å². The van der Waals surface area contributed by atoms with Gasteiger partial charge in [0.05, 0.1) is 22.6 Å². The molecular weight excluding hydrogens is 512 g/mol. The van der Waals surface area contributed by atoms with Gasteiger partial charge in [-0.05, 0) is 94.3 Å². The SMILES string of the molecule is CCOC(=O)[C@]1(C)CCC[C@@]2(C)[C@@H]3CC[C@@]4(C)C[C@]3(CC[C@@H]21)c1cn(C(=S)Nc2ccccc2[N+](=O)[O-])nc14. The molecule has 208 valence electrons. The minimum Gasteiger partial charge on any atom is -0.466 e. The maximum Gasteiger partial charge on any atom is 0.312 e. The van der Waals surface area contributed by atoms with E-state index in [9.17, 15) is 14.9 Å². The topological polar surface area (TPSA) is 99.3 Å². The lowest BCUT2D eigenvalue weighted by Gasteiger charge is -2.64. The first-order valence-electron chi connectivity index (χ1n) is 14.3. The first kappa shape index (κ1) is 26.4. The Bertz CT molecular complexity index is 1370. The van der Waals surface area contributed by atoms with Gasteiger partial charge in [-0.1, -0.05) is 32.4 Å². The molecule has 0 unspecified atom stereocenters. The number of benzene rings is 1. The molecule has 1 N–H and O–H groups in total. The summed E-state index contributed by atoms with van der Waals surface area (Å²) in [6, 6.07) is 6.53. The molecule has 8 nitrogen and oxygen atoms in total. The zero-order chi connectivity index (χ0) is 27.8. The van der Waals surface area contributed by atoms with Crippen LogP contribution in [-0.2, 0) is 20.4 Å². The number of rotatable bonds is 4. The summed E-state index contributed by atoms with van der Waals surface area (Å²) in [7, 11) is 0. The van der Waals surface area contributed by atoms with Crippen molar-refractivity contribution in [2.75, 3.05) is 11.9 Å². The monoisotopic (exact) mass is 550 g/mol. The largest absolute Gasteiger partial charge is 0.466 e. The maximum absolute atomic E-state index is 13.3. The van der Waals surface area contributed by atoms with E-state index in [0.29, 0.717) is 29.2 Å². The molecule has 0 amide bonds. The van der Waals surface area contributed by atoms with Crippen molar-refractivity contribution in [1.82, 2.24) is 9.78 Å². The molecule has 9 heteroatoms. The molecule has 1 aromatic carbocycles. The van der Waals surface area contributed by atoms with E-state index in [2.05, 4.69) is 32.3 Å². The van der Waals surface area contributed by atoms with E-state index in [4.69, 9.17) is 22.1 Å². The number of hydrogen-bond acceptors (Lipinski definition) is 6. The number of esters is 1. The van der Waals surface area contributed by atoms with Crippen LogP contribution in [0.3, 0.4) is 0 Å². The Morgan fingerprint density at radius 3 is 2.67 bits per heavy atom. The van der Waals surface area contributed by atoms with Crippen LogP contribution in [0.1, 0.15) is 90.3 Å². The third-order valence-electron chi connectivity index (χ3n) is 11.1. The molecule has 2 bridgehead atoms. The lowest BCUT2D eigenvalue weighted by molar-refractivity contribution is -0.383. The molecular formula is C30H38N4O4S. The Balaban J connectivity index is 1.36. The Morgan fingerprint density at radius 1 is 1.18 bits per heavy atom. The van der Waals surface area contributed by atoms with E-state index in [0.717, 1.165) is 57.1 Å². The number of nitrogens with zero attached hydrogens (tertiary/aromatic N) is 3. The molecule has 3 fully saturated rings. The Hall–Kier alpha value is -2.81. The van der Waals surface area contributed by atoms with Crippen molar-refractivity contribution in [3.8, 4) is 0 Å². The van der Waals surface area contributed by atoms with Crippen LogP contribution in [0.25, 0.3) is 0 Å². The second kappa shape index (κ2) is 8.85. The minimum absolute atomic E-state index is 0.00704. The van der Waals surface area contributed by atoms with Crippen LogP contribution < -0.4 is 5.32 Å². The second-order valence-corrected chi connectivity index (χ2v) is 13.5. The summed E-state index contributed by atoms with van der Waals surface area (Å²) in [5.41, 5.74) is 2.36. The van der Waals surface area contributed by atoms with Crippen molar-refractivity contribution in [3.05, 3.63) is 51.8 Å². The van der Waals surface area contributed by atoms with E-state index >= 15 is 0 Å². The van der Waals surface area contributed by atoms with Gasteiger partial charge in [0, 0.05) is 28.7 Å². The fourth-order valence-corrected chi connectivity index (χ4v) is 9.81. The van der Waals surface area contributed by atoms with Crippen molar-refractivity contribution < 1.29 is 14.5 Å². The Morgan fingerprint density at radius 2 is 1.92 bits per heavy atom. The third-order valence-corrected chi connectivity index (χ3v) is 11.4. The highest BCUT2D eigenvalue weighted by molar-refractivity contribution is 7.80. The molecule has 0 radical (unpaired) electrons. The normalized spacial score (nSPS) is 36.3. The van der Waals surface area contributed by atoms with Crippen LogP contribution in [0.5, 0.6) is 0 Å². The highest BCUT2D eigenvalue weighted by atomic mass is 32.1. The predicted octanol–water partition coefficient (Wildman–Crippen LogP) is 6.52. The van der Waals surface area contributed by atoms with Gasteiger partial charge in [0.1, 0.15) is 5.69 Å². The van der Waals surface area contributed by atoms with Crippen molar-refractivity contribution in [1.29, 1.82) is 0 Å². The fraction of sp³-hybridized carbons (Fsp3) is 0.633. The molecule has 3 saturated carbocycles. The molecule has 1 aromatic heterocycles. The van der Waals surface area contributed by atoms with Crippen LogP contribution >= 0.6 is 12.2 Å². The molecule has 1 spiro atoms. The van der Waals surface area contributed by atoms with Crippen LogP contribution in [0.2, 0.25) is 0 Å². The molecule has 4 aliphatic rings. The average Bonchev–Trinajstić information content (AvgIpc) is 3.42. The van der Waals surface area contributed by atoms with Gasteiger partial charge in [-0.25, -0.2) is 4.68 Å². The number of nitro groups is 1. The molecule has 6 atom stereocenters. The summed E-state index contributed by atoms with van der Waals surface area (Å²) < 4.78 is 7.35. The highest BCUT2D eigenvalue weighted by Crippen LogP contribution is 2.72. The van der Waals surface area contributed by atoms with Crippen LogP contribution in [0, 0.1) is 32.8 Å². The Labute approximate surface area is 235 Å². The first-order valence-corrected chi connectivity index (χ1v) is 14.7.